The number of amides is 1. The van der Waals surface area contributed by atoms with Crippen LogP contribution in [0.3, 0.4) is 0 Å². The molecule has 0 saturated carbocycles. The standard InChI is InChI=1S/C23H17FIN5O4/c1-13-11-14(12-29-23(34)30(28-27-29)16-8-6-15(24)7-9-16)5-10-19(13)26-21(31)17-3-2-4-18(25)20(17)22(32)33/h2-11H,12H2,1H3,(H,26,31)(H,32,33). The molecule has 0 aliphatic carbocycles. The zero-order valence-electron chi connectivity index (χ0n) is 17.7. The van der Waals surface area contributed by atoms with Crippen molar-refractivity contribution in [2.45, 2.75) is 13.5 Å². The minimum Gasteiger partial charge on any atom is -0.478 e. The van der Waals surface area contributed by atoms with E-state index in [2.05, 4.69) is 15.7 Å². The summed E-state index contributed by atoms with van der Waals surface area (Å²) in [6.07, 6.45) is 0. The van der Waals surface area contributed by atoms with Crippen LogP contribution in [-0.4, -0.2) is 36.8 Å². The lowest BCUT2D eigenvalue weighted by Crippen LogP contribution is -2.24. The number of carboxylic acids is 1. The number of carbonyl (C=O) groups is 2. The van der Waals surface area contributed by atoms with E-state index in [4.69, 9.17) is 0 Å². The summed E-state index contributed by atoms with van der Waals surface area (Å²) in [5.41, 5.74) is 1.87. The maximum absolute atomic E-state index is 13.1. The number of hydrogen-bond acceptors (Lipinski definition) is 5. The number of aromatic carboxylic acids is 1. The van der Waals surface area contributed by atoms with E-state index in [-0.39, 0.29) is 17.7 Å². The molecule has 4 aromatic rings. The maximum atomic E-state index is 13.1. The van der Waals surface area contributed by atoms with Gasteiger partial charge in [-0.3, -0.25) is 4.79 Å². The van der Waals surface area contributed by atoms with Crippen molar-refractivity contribution in [3.05, 3.63) is 103 Å². The molecule has 1 aromatic heterocycles. The number of halogens is 2. The summed E-state index contributed by atoms with van der Waals surface area (Å²) in [7, 11) is 0. The Balaban J connectivity index is 1.53. The molecule has 3 aromatic carbocycles. The number of aromatic nitrogens is 4. The summed E-state index contributed by atoms with van der Waals surface area (Å²) >= 11 is 1.88. The lowest BCUT2D eigenvalue weighted by molar-refractivity contribution is 0.0691. The number of hydrogen-bond donors (Lipinski definition) is 2. The average molecular weight is 573 g/mol. The third-order valence-corrected chi connectivity index (χ3v) is 5.95. The Kier molecular flexibility index (Phi) is 6.54. The molecule has 1 heterocycles. The number of anilines is 1. The highest BCUT2D eigenvalue weighted by Crippen LogP contribution is 2.21. The first-order valence-corrected chi connectivity index (χ1v) is 11.0. The minimum absolute atomic E-state index is 0.0570. The SMILES string of the molecule is Cc1cc(Cn2nnn(-c3ccc(F)cc3)c2=O)ccc1NC(=O)c1cccc(I)c1C(=O)O. The Morgan fingerprint density at radius 2 is 1.82 bits per heavy atom. The molecule has 34 heavy (non-hydrogen) atoms. The molecule has 0 unspecified atom stereocenters. The summed E-state index contributed by atoms with van der Waals surface area (Å²) in [4.78, 5) is 37.0. The summed E-state index contributed by atoms with van der Waals surface area (Å²) in [5, 5.41) is 19.9. The molecule has 0 fully saturated rings. The molecule has 0 spiro atoms. The fraction of sp³-hybridized carbons (Fsp3) is 0.0870. The highest BCUT2D eigenvalue weighted by molar-refractivity contribution is 14.1. The third kappa shape index (κ3) is 4.73. The zero-order valence-corrected chi connectivity index (χ0v) is 19.9. The molecule has 0 aliphatic heterocycles. The predicted molar refractivity (Wildman–Crippen MR) is 130 cm³/mol. The number of tetrazole rings is 1. The van der Waals surface area contributed by atoms with Gasteiger partial charge in [0.2, 0.25) is 0 Å². The van der Waals surface area contributed by atoms with Crippen molar-refractivity contribution in [1.29, 1.82) is 0 Å². The fourth-order valence-electron chi connectivity index (χ4n) is 3.38. The van der Waals surface area contributed by atoms with E-state index in [9.17, 15) is 23.9 Å². The van der Waals surface area contributed by atoms with Crippen LogP contribution in [0.15, 0.2) is 65.5 Å². The van der Waals surface area contributed by atoms with Gasteiger partial charge in [0.15, 0.2) is 0 Å². The molecule has 2 N–H and O–H groups in total. The molecule has 0 atom stereocenters. The number of nitrogens with one attached hydrogen (secondary N) is 1. The van der Waals surface area contributed by atoms with Crippen LogP contribution in [0.2, 0.25) is 0 Å². The Bertz CT molecular complexity index is 1460. The van der Waals surface area contributed by atoms with E-state index in [0.29, 0.717) is 20.5 Å². The van der Waals surface area contributed by atoms with E-state index in [1.165, 1.54) is 35.0 Å². The molecule has 1 amide bonds. The molecule has 0 saturated heterocycles. The van der Waals surface area contributed by atoms with Gasteiger partial charge in [-0.05, 0) is 93.5 Å². The summed E-state index contributed by atoms with van der Waals surface area (Å²) < 4.78 is 15.8. The van der Waals surface area contributed by atoms with Crippen molar-refractivity contribution in [2.24, 2.45) is 0 Å². The first kappa shape index (κ1) is 23.3. The van der Waals surface area contributed by atoms with Gasteiger partial charge in [-0.15, -0.1) is 0 Å². The van der Waals surface area contributed by atoms with E-state index >= 15 is 0 Å². The summed E-state index contributed by atoms with van der Waals surface area (Å²) in [6.45, 7) is 1.92. The Morgan fingerprint density at radius 3 is 2.50 bits per heavy atom. The summed E-state index contributed by atoms with van der Waals surface area (Å²) in [5.74, 6) is -2.14. The van der Waals surface area contributed by atoms with Crippen LogP contribution in [0.1, 0.15) is 31.8 Å². The van der Waals surface area contributed by atoms with Gasteiger partial charge in [0.1, 0.15) is 5.82 Å². The number of aryl methyl sites for hydroxylation is 1. The van der Waals surface area contributed by atoms with E-state index in [0.717, 1.165) is 10.2 Å². The van der Waals surface area contributed by atoms with E-state index in [1.54, 1.807) is 37.3 Å². The molecule has 9 nitrogen and oxygen atoms in total. The van der Waals surface area contributed by atoms with Gasteiger partial charge >= 0.3 is 11.7 Å². The number of benzene rings is 3. The van der Waals surface area contributed by atoms with Crippen LogP contribution in [0.4, 0.5) is 10.1 Å². The predicted octanol–water partition coefficient (Wildman–Crippen LogP) is 3.48. The van der Waals surface area contributed by atoms with Gasteiger partial charge in [-0.2, -0.15) is 9.36 Å². The number of rotatable bonds is 6. The van der Waals surface area contributed by atoms with E-state index < -0.39 is 23.4 Å². The van der Waals surface area contributed by atoms with Crippen LogP contribution in [0.5, 0.6) is 0 Å². The number of nitrogens with zero attached hydrogens (tertiary/aromatic N) is 4. The second-order valence-corrected chi connectivity index (χ2v) is 8.54. The van der Waals surface area contributed by atoms with Crippen molar-refractivity contribution in [2.75, 3.05) is 5.32 Å². The average Bonchev–Trinajstić information content (AvgIpc) is 3.15. The minimum atomic E-state index is -1.18. The van der Waals surface area contributed by atoms with Gasteiger partial charge < -0.3 is 10.4 Å². The van der Waals surface area contributed by atoms with Gasteiger partial charge in [0.05, 0.1) is 23.4 Å². The van der Waals surface area contributed by atoms with E-state index in [1.807, 2.05) is 22.6 Å². The molecule has 0 radical (unpaired) electrons. The Morgan fingerprint density at radius 1 is 1.09 bits per heavy atom. The summed E-state index contributed by atoms with van der Waals surface area (Å²) in [6, 6.07) is 15.2. The van der Waals surface area contributed by atoms with Gasteiger partial charge in [-0.25, -0.2) is 14.0 Å². The van der Waals surface area contributed by atoms with Crippen LogP contribution >= 0.6 is 22.6 Å². The first-order valence-electron chi connectivity index (χ1n) is 9.96. The lowest BCUT2D eigenvalue weighted by Gasteiger charge is -2.12. The van der Waals surface area contributed by atoms with Crippen LogP contribution < -0.4 is 11.0 Å². The highest BCUT2D eigenvalue weighted by atomic mass is 127. The lowest BCUT2D eigenvalue weighted by atomic mass is 10.1. The van der Waals surface area contributed by atoms with Crippen molar-refractivity contribution in [1.82, 2.24) is 19.8 Å². The van der Waals surface area contributed by atoms with Crippen LogP contribution in [0, 0.1) is 16.3 Å². The smallest absolute Gasteiger partial charge is 0.368 e. The van der Waals surface area contributed by atoms with Crippen LogP contribution in [-0.2, 0) is 6.54 Å². The topological polar surface area (TPSA) is 119 Å². The van der Waals surface area contributed by atoms with Crippen molar-refractivity contribution in [3.8, 4) is 5.69 Å². The second-order valence-electron chi connectivity index (χ2n) is 7.38. The van der Waals surface area contributed by atoms with Gasteiger partial charge in [0.25, 0.3) is 5.91 Å². The van der Waals surface area contributed by atoms with Crippen molar-refractivity contribution < 1.29 is 19.1 Å². The fourth-order valence-corrected chi connectivity index (χ4v) is 4.10. The highest BCUT2D eigenvalue weighted by Gasteiger charge is 2.20. The molecular weight excluding hydrogens is 556 g/mol. The van der Waals surface area contributed by atoms with Crippen LogP contribution in [0.25, 0.3) is 5.69 Å². The molecule has 172 valence electrons. The van der Waals surface area contributed by atoms with Gasteiger partial charge in [-0.1, -0.05) is 18.2 Å². The first-order chi connectivity index (χ1) is 16.2. The second kappa shape index (κ2) is 9.55. The zero-order chi connectivity index (χ0) is 24.4. The van der Waals surface area contributed by atoms with Gasteiger partial charge in [0, 0.05) is 9.26 Å². The van der Waals surface area contributed by atoms with Crippen molar-refractivity contribution in [3.63, 3.8) is 0 Å². The molecule has 4 rings (SSSR count). The molecule has 0 bridgehead atoms. The molecule has 0 aliphatic rings. The normalized spacial score (nSPS) is 10.8. The largest absolute Gasteiger partial charge is 0.478 e. The number of carboxylic acid groups (broad SMARTS) is 1. The monoisotopic (exact) mass is 573 g/mol. The van der Waals surface area contributed by atoms with Crippen molar-refractivity contribution >= 4 is 40.2 Å². The molecule has 11 heteroatoms. The Labute approximate surface area is 206 Å². The number of carbonyl (C=O) groups excluding carboxylic acids is 1. The Hall–Kier alpha value is -3.87. The maximum Gasteiger partial charge on any atom is 0.368 e. The quantitative estimate of drug-likeness (QED) is 0.341. The third-order valence-electron chi connectivity index (χ3n) is 5.05. The molecular formula is C23H17FIN5O4.